The van der Waals surface area contributed by atoms with Gasteiger partial charge in [0, 0.05) is 12.6 Å². The van der Waals surface area contributed by atoms with Crippen LogP contribution in [0.1, 0.15) is 13.3 Å². The molecule has 3 rings (SSSR count). The Kier molecular flexibility index (Phi) is 2.83. The molecule has 1 N–H and O–H groups in total. The van der Waals surface area contributed by atoms with Gasteiger partial charge in [0.15, 0.2) is 5.65 Å². The topological polar surface area (TPSA) is 71.2 Å². The number of hydrogen-bond donors (Lipinski definition) is 1. The summed E-state index contributed by atoms with van der Waals surface area (Å²) in [5, 5.41) is 19.0. The highest BCUT2D eigenvalue weighted by molar-refractivity contribution is 5.42. The molecule has 18 heavy (non-hydrogen) atoms. The third-order valence-electron chi connectivity index (χ3n) is 3.51. The van der Waals surface area contributed by atoms with Crippen LogP contribution in [0.25, 0.3) is 5.65 Å². The number of piperidine rings is 1. The van der Waals surface area contributed by atoms with E-state index in [0.717, 1.165) is 25.3 Å². The molecule has 1 aliphatic heterocycles. The van der Waals surface area contributed by atoms with E-state index in [0.29, 0.717) is 17.6 Å². The Morgan fingerprint density at radius 3 is 3.11 bits per heavy atom. The van der Waals surface area contributed by atoms with Gasteiger partial charge in [0.2, 0.25) is 0 Å². The highest BCUT2D eigenvalue weighted by Crippen LogP contribution is 2.19. The molecule has 2 atom stereocenters. The molecule has 2 unspecified atom stereocenters. The van der Waals surface area contributed by atoms with Gasteiger partial charge in [0.1, 0.15) is 5.82 Å². The van der Waals surface area contributed by atoms with Gasteiger partial charge < -0.3 is 10.2 Å². The Labute approximate surface area is 105 Å². The molecule has 0 bridgehead atoms. The van der Waals surface area contributed by atoms with Gasteiger partial charge in [-0.1, -0.05) is 6.92 Å². The number of hydrogen-bond acceptors (Lipinski definition) is 6. The first-order chi connectivity index (χ1) is 8.72. The Morgan fingerprint density at radius 1 is 1.39 bits per heavy atom. The van der Waals surface area contributed by atoms with E-state index in [9.17, 15) is 0 Å². The molecule has 7 heteroatoms. The van der Waals surface area contributed by atoms with E-state index in [2.05, 4.69) is 44.8 Å². The molecule has 1 fully saturated rings. The lowest BCUT2D eigenvalue weighted by molar-refractivity contribution is 0.206. The highest BCUT2D eigenvalue weighted by atomic mass is 15.6. The zero-order chi connectivity index (χ0) is 12.5. The second-order valence-corrected chi connectivity index (χ2v) is 5.02. The van der Waals surface area contributed by atoms with Crippen molar-refractivity contribution < 1.29 is 0 Å². The van der Waals surface area contributed by atoms with Gasteiger partial charge in [-0.2, -0.15) is 0 Å². The van der Waals surface area contributed by atoms with Gasteiger partial charge in [-0.15, -0.1) is 14.8 Å². The van der Waals surface area contributed by atoms with Crippen molar-refractivity contribution in [2.75, 3.05) is 25.5 Å². The molecule has 96 valence electrons. The SMILES string of the molecule is CC1CN(C)CCC1Nc1ccc2nnnn2n1. The van der Waals surface area contributed by atoms with E-state index in [1.807, 2.05) is 12.1 Å². The summed E-state index contributed by atoms with van der Waals surface area (Å²) < 4.78 is 1.45. The first kappa shape index (κ1) is 11.3. The van der Waals surface area contributed by atoms with Gasteiger partial charge in [-0.3, -0.25) is 0 Å². The van der Waals surface area contributed by atoms with Crippen molar-refractivity contribution in [2.24, 2.45) is 5.92 Å². The molecule has 1 saturated heterocycles. The summed E-state index contributed by atoms with van der Waals surface area (Å²) in [6, 6.07) is 4.26. The molecular weight excluding hydrogens is 230 g/mol. The summed E-state index contributed by atoms with van der Waals surface area (Å²) >= 11 is 0. The summed E-state index contributed by atoms with van der Waals surface area (Å²) in [4.78, 5) is 2.36. The van der Waals surface area contributed by atoms with Gasteiger partial charge in [-0.05, 0) is 48.5 Å². The van der Waals surface area contributed by atoms with E-state index in [1.165, 1.54) is 4.63 Å². The minimum atomic E-state index is 0.461. The van der Waals surface area contributed by atoms with Crippen LogP contribution in [-0.4, -0.2) is 56.3 Å². The average molecular weight is 247 g/mol. The van der Waals surface area contributed by atoms with Gasteiger partial charge in [0.25, 0.3) is 0 Å². The van der Waals surface area contributed by atoms with Crippen LogP contribution in [0, 0.1) is 5.92 Å². The zero-order valence-electron chi connectivity index (χ0n) is 10.6. The quantitative estimate of drug-likeness (QED) is 0.821. The second-order valence-electron chi connectivity index (χ2n) is 5.02. The van der Waals surface area contributed by atoms with Crippen LogP contribution in [0.15, 0.2) is 12.1 Å². The summed E-state index contributed by atoms with van der Waals surface area (Å²) in [6.07, 6.45) is 1.13. The fourth-order valence-electron chi connectivity index (χ4n) is 2.49. The van der Waals surface area contributed by atoms with E-state index >= 15 is 0 Å². The van der Waals surface area contributed by atoms with Crippen LogP contribution in [0.2, 0.25) is 0 Å². The maximum atomic E-state index is 4.34. The number of anilines is 1. The molecule has 0 aromatic carbocycles. The lowest BCUT2D eigenvalue weighted by atomic mass is 9.94. The normalized spacial score (nSPS) is 25.4. The van der Waals surface area contributed by atoms with Crippen LogP contribution in [0.5, 0.6) is 0 Å². The summed E-state index contributed by atoms with van der Waals surface area (Å²) in [6.45, 7) is 4.50. The molecule has 2 aromatic rings. The molecule has 2 aromatic heterocycles. The third-order valence-corrected chi connectivity index (χ3v) is 3.51. The van der Waals surface area contributed by atoms with E-state index < -0.39 is 0 Å². The molecular formula is C11H17N7. The maximum Gasteiger partial charge on any atom is 0.200 e. The third kappa shape index (κ3) is 2.13. The fraction of sp³-hybridized carbons (Fsp3) is 0.636. The second kappa shape index (κ2) is 4.49. The van der Waals surface area contributed by atoms with Crippen molar-refractivity contribution in [3.63, 3.8) is 0 Å². The number of nitrogens with one attached hydrogen (secondary N) is 1. The first-order valence-electron chi connectivity index (χ1n) is 6.23. The monoisotopic (exact) mass is 247 g/mol. The van der Waals surface area contributed by atoms with Crippen LogP contribution in [-0.2, 0) is 0 Å². The molecule has 3 heterocycles. The first-order valence-corrected chi connectivity index (χ1v) is 6.23. The molecule has 0 radical (unpaired) electrons. The predicted molar refractivity (Wildman–Crippen MR) is 67.3 cm³/mol. The Hall–Kier alpha value is -1.76. The molecule has 0 aliphatic carbocycles. The summed E-state index contributed by atoms with van der Waals surface area (Å²) in [5.74, 6) is 1.44. The number of likely N-dealkylation sites (tertiary alicyclic amines) is 1. The number of tetrazole rings is 1. The van der Waals surface area contributed by atoms with E-state index in [4.69, 9.17) is 0 Å². The molecule has 0 saturated carbocycles. The summed E-state index contributed by atoms with van der Waals surface area (Å²) in [5.41, 5.74) is 0.664. The van der Waals surface area contributed by atoms with Crippen molar-refractivity contribution in [2.45, 2.75) is 19.4 Å². The highest BCUT2D eigenvalue weighted by Gasteiger charge is 2.24. The number of rotatable bonds is 2. The van der Waals surface area contributed by atoms with Crippen LogP contribution < -0.4 is 5.32 Å². The minimum absolute atomic E-state index is 0.461. The van der Waals surface area contributed by atoms with Crippen molar-refractivity contribution >= 4 is 11.5 Å². The Bertz CT molecular complexity index is 537. The van der Waals surface area contributed by atoms with Crippen molar-refractivity contribution in [3.05, 3.63) is 12.1 Å². The predicted octanol–water partition coefficient (Wildman–Crippen LogP) is 0.271. The lowest BCUT2D eigenvalue weighted by Gasteiger charge is -2.35. The van der Waals surface area contributed by atoms with Gasteiger partial charge in [0.05, 0.1) is 0 Å². The Morgan fingerprint density at radius 2 is 2.28 bits per heavy atom. The van der Waals surface area contributed by atoms with Gasteiger partial charge >= 0.3 is 0 Å². The molecule has 0 spiro atoms. The van der Waals surface area contributed by atoms with Crippen LogP contribution in [0.4, 0.5) is 5.82 Å². The van der Waals surface area contributed by atoms with Gasteiger partial charge in [-0.25, -0.2) is 0 Å². The van der Waals surface area contributed by atoms with E-state index in [1.54, 1.807) is 0 Å². The zero-order valence-corrected chi connectivity index (χ0v) is 10.6. The molecule has 7 nitrogen and oxygen atoms in total. The Balaban J connectivity index is 1.75. The van der Waals surface area contributed by atoms with Crippen molar-refractivity contribution in [1.82, 2.24) is 30.2 Å². The van der Waals surface area contributed by atoms with Crippen molar-refractivity contribution in [1.29, 1.82) is 0 Å². The molecule has 0 amide bonds. The number of aromatic nitrogens is 5. The van der Waals surface area contributed by atoms with Crippen LogP contribution >= 0.6 is 0 Å². The molecule has 1 aliphatic rings. The smallest absolute Gasteiger partial charge is 0.200 e. The fourth-order valence-corrected chi connectivity index (χ4v) is 2.49. The van der Waals surface area contributed by atoms with Crippen molar-refractivity contribution in [3.8, 4) is 0 Å². The average Bonchev–Trinajstić information content (AvgIpc) is 2.80. The maximum absolute atomic E-state index is 4.34. The van der Waals surface area contributed by atoms with Crippen LogP contribution in [0.3, 0.4) is 0 Å². The van der Waals surface area contributed by atoms with E-state index in [-0.39, 0.29) is 0 Å². The largest absolute Gasteiger partial charge is 0.365 e. The lowest BCUT2D eigenvalue weighted by Crippen LogP contribution is -2.43. The number of nitrogens with zero attached hydrogens (tertiary/aromatic N) is 6. The number of fused-ring (bicyclic) bond motifs is 1. The standard InChI is InChI=1S/C11H17N7/c1-8-7-17(2)6-5-9(8)12-10-3-4-11-13-15-16-18(11)14-10/h3-4,8-9H,5-7H2,1-2H3,(H,12,14). The minimum Gasteiger partial charge on any atom is -0.365 e. The summed E-state index contributed by atoms with van der Waals surface area (Å²) in [7, 11) is 2.16.